The van der Waals surface area contributed by atoms with Gasteiger partial charge in [0.15, 0.2) is 5.69 Å². The van der Waals surface area contributed by atoms with E-state index in [0.29, 0.717) is 25.9 Å². The number of likely N-dealkylation sites (tertiary alicyclic amines) is 1. The maximum Gasteiger partial charge on any atom is 0.410 e. The maximum absolute atomic E-state index is 11.9. The number of carbonyl (C=O) groups is 2. The number of hydrogen-bond donors (Lipinski definition) is 1. The lowest BCUT2D eigenvalue weighted by Gasteiger charge is -2.32. The standard InChI is InChI=1S/C13H20N4O4/c1-13(2,3)21-12(20)16-6-4-9(5-7-16)17-14-8-10(15-17)11(18)19/h8-9H,4-7H2,1-3H3,(H,18,19). The van der Waals surface area contributed by atoms with Crippen LogP contribution in [-0.4, -0.2) is 55.8 Å². The molecule has 8 heteroatoms. The first-order chi connectivity index (χ1) is 9.76. The number of rotatable bonds is 2. The molecule has 1 aromatic rings. The van der Waals surface area contributed by atoms with Gasteiger partial charge in [-0.1, -0.05) is 0 Å². The number of ether oxygens (including phenoxy) is 1. The first-order valence-corrected chi connectivity index (χ1v) is 6.89. The van der Waals surface area contributed by atoms with Gasteiger partial charge in [0.1, 0.15) is 5.60 Å². The van der Waals surface area contributed by atoms with Crippen LogP contribution in [0.4, 0.5) is 4.79 Å². The summed E-state index contributed by atoms with van der Waals surface area (Å²) in [4.78, 5) is 25.8. The fourth-order valence-corrected chi connectivity index (χ4v) is 2.16. The van der Waals surface area contributed by atoms with Gasteiger partial charge in [-0.15, -0.1) is 5.10 Å². The molecule has 0 unspecified atom stereocenters. The van der Waals surface area contributed by atoms with Crippen molar-refractivity contribution in [1.82, 2.24) is 19.9 Å². The first-order valence-electron chi connectivity index (χ1n) is 6.89. The smallest absolute Gasteiger partial charge is 0.410 e. The van der Waals surface area contributed by atoms with E-state index >= 15 is 0 Å². The molecule has 0 radical (unpaired) electrons. The quantitative estimate of drug-likeness (QED) is 0.889. The summed E-state index contributed by atoms with van der Waals surface area (Å²) in [7, 11) is 0. The molecule has 2 heterocycles. The Kier molecular flexibility index (Phi) is 4.15. The molecule has 0 aliphatic carbocycles. The summed E-state index contributed by atoms with van der Waals surface area (Å²) in [5.41, 5.74) is -0.571. The van der Waals surface area contributed by atoms with Crippen LogP contribution in [-0.2, 0) is 4.74 Å². The lowest BCUT2D eigenvalue weighted by Crippen LogP contribution is -2.42. The zero-order chi connectivity index (χ0) is 15.6. The van der Waals surface area contributed by atoms with Gasteiger partial charge in [-0.3, -0.25) is 0 Å². The van der Waals surface area contributed by atoms with E-state index in [2.05, 4.69) is 10.2 Å². The topological polar surface area (TPSA) is 97.6 Å². The van der Waals surface area contributed by atoms with Crippen LogP contribution >= 0.6 is 0 Å². The van der Waals surface area contributed by atoms with Crippen LogP contribution in [0.5, 0.6) is 0 Å². The minimum atomic E-state index is -1.09. The summed E-state index contributed by atoms with van der Waals surface area (Å²) >= 11 is 0. The molecule has 1 N–H and O–H groups in total. The van der Waals surface area contributed by atoms with Crippen LogP contribution in [0, 0.1) is 0 Å². The molecule has 0 saturated carbocycles. The van der Waals surface area contributed by atoms with Crippen molar-refractivity contribution in [2.45, 2.75) is 45.3 Å². The van der Waals surface area contributed by atoms with Crippen molar-refractivity contribution in [3.63, 3.8) is 0 Å². The van der Waals surface area contributed by atoms with E-state index in [9.17, 15) is 9.59 Å². The minimum absolute atomic E-state index is 0.0109. The Bertz CT molecular complexity index is 527. The van der Waals surface area contributed by atoms with E-state index in [0.717, 1.165) is 0 Å². The van der Waals surface area contributed by atoms with E-state index in [-0.39, 0.29) is 17.8 Å². The van der Waals surface area contributed by atoms with Crippen LogP contribution in [0.15, 0.2) is 6.20 Å². The van der Waals surface area contributed by atoms with E-state index in [4.69, 9.17) is 9.84 Å². The average Bonchev–Trinajstić information content (AvgIpc) is 2.86. The molecule has 1 fully saturated rings. The van der Waals surface area contributed by atoms with Gasteiger partial charge in [-0.25, -0.2) is 9.59 Å². The number of aromatic carboxylic acids is 1. The molecule has 0 aromatic carbocycles. The number of hydrogen-bond acceptors (Lipinski definition) is 5. The molecular formula is C13H20N4O4. The Morgan fingerprint density at radius 3 is 2.43 bits per heavy atom. The number of nitrogens with zero attached hydrogens (tertiary/aromatic N) is 4. The summed E-state index contributed by atoms with van der Waals surface area (Å²) in [5, 5.41) is 16.7. The van der Waals surface area contributed by atoms with Gasteiger partial charge in [-0.2, -0.15) is 9.90 Å². The normalized spacial score (nSPS) is 16.8. The molecule has 116 valence electrons. The largest absolute Gasteiger partial charge is 0.476 e. The molecule has 1 aliphatic heterocycles. The molecule has 1 aliphatic rings. The van der Waals surface area contributed by atoms with Crippen LogP contribution in [0.25, 0.3) is 0 Å². The Balaban J connectivity index is 1.90. The lowest BCUT2D eigenvalue weighted by atomic mass is 10.1. The van der Waals surface area contributed by atoms with Gasteiger partial charge < -0.3 is 14.7 Å². The van der Waals surface area contributed by atoms with Gasteiger partial charge in [0, 0.05) is 13.1 Å². The van der Waals surface area contributed by atoms with E-state index in [1.54, 1.807) is 4.90 Å². The molecule has 8 nitrogen and oxygen atoms in total. The Morgan fingerprint density at radius 1 is 1.33 bits per heavy atom. The van der Waals surface area contributed by atoms with Crippen molar-refractivity contribution < 1.29 is 19.4 Å². The monoisotopic (exact) mass is 296 g/mol. The minimum Gasteiger partial charge on any atom is -0.476 e. The third-order valence-corrected chi connectivity index (χ3v) is 3.17. The summed E-state index contributed by atoms with van der Waals surface area (Å²) in [6, 6.07) is 0.0109. The number of amides is 1. The van der Waals surface area contributed by atoms with Crippen LogP contribution < -0.4 is 0 Å². The van der Waals surface area contributed by atoms with Crippen molar-refractivity contribution >= 4 is 12.1 Å². The molecule has 0 atom stereocenters. The first kappa shape index (κ1) is 15.3. The average molecular weight is 296 g/mol. The number of aromatic nitrogens is 3. The molecule has 1 saturated heterocycles. The second-order valence-electron chi connectivity index (χ2n) is 6.05. The van der Waals surface area contributed by atoms with Gasteiger partial charge >= 0.3 is 12.1 Å². The third kappa shape index (κ3) is 3.93. The number of carboxylic acid groups (broad SMARTS) is 1. The zero-order valence-corrected chi connectivity index (χ0v) is 12.4. The third-order valence-electron chi connectivity index (χ3n) is 3.17. The van der Waals surface area contributed by atoms with Gasteiger partial charge in [0.25, 0.3) is 0 Å². The van der Waals surface area contributed by atoms with Crippen molar-refractivity contribution in [2.75, 3.05) is 13.1 Å². The number of carbonyl (C=O) groups excluding carboxylic acids is 1. The van der Waals surface area contributed by atoms with Crippen molar-refractivity contribution in [1.29, 1.82) is 0 Å². The highest BCUT2D eigenvalue weighted by molar-refractivity contribution is 5.84. The van der Waals surface area contributed by atoms with Crippen LogP contribution in [0.2, 0.25) is 0 Å². The molecule has 0 spiro atoms. The number of carboxylic acids is 1. The van der Waals surface area contributed by atoms with Crippen molar-refractivity contribution in [3.8, 4) is 0 Å². The Labute approximate surface area is 122 Å². The molecule has 0 bridgehead atoms. The van der Waals surface area contributed by atoms with Crippen LogP contribution in [0.1, 0.15) is 50.1 Å². The van der Waals surface area contributed by atoms with Gasteiger partial charge in [0.05, 0.1) is 12.2 Å². The molecule has 2 rings (SSSR count). The number of piperidine rings is 1. The predicted octanol–water partition coefficient (Wildman–Crippen LogP) is 1.55. The molecule has 21 heavy (non-hydrogen) atoms. The van der Waals surface area contributed by atoms with Gasteiger partial charge in [-0.05, 0) is 33.6 Å². The highest BCUT2D eigenvalue weighted by Gasteiger charge is 2.28. The van der Waals surface area contributed by atoms with Gasteiger partial charge in [0.2, 0.25) is 0 Å². The molecule has 1 aromatic heterocycles. The Hall–Kier alpha value is -2.12. The second kappa shape index (κ2) is 5.71. The molecular weight excluding hydrogens is 276 g/mol. The second-order valence-corrected chi connectivity index (χ2v) is 6.05. The van der Waals surface area contributed by atoms with E-state index < -0.39 is 11.6 Å². The van der Waals surface area contributed by atoms with Crippen molar-refractivity contribution in [2.24, 2.45) is 0 Å². The summed E-state index contributed by atoms with van der Waals surface area (Å²) < 4.78 is 5.32. The fraction of sp³-hybridized carbons (Fsp3) is 0.692. The summed E-state index contributed by atoms with van der Waals surface area (Å²) in [5.74, 6) is -1.09. The zero-order valence-electron chi connectivity index (χ0n) is 12.4. The van der Waals surface area contributed by atoms with Crippen molar-refractivity contribution in [3.05, 3.63) is 11.9 Å². The maximum atomic E-state index is 11.9. The highest BCUT2D eigenvalue weighted by atomic mass is 16.6. The van der Waals surface area contributed by atoms with Crippen LogP contribution in [0.3, 0.4) is 0 Å². The van der Waals surface area contributed by atoms with E-state index in [1.165, 1.54) is 11.0 Å². The predicted molar refractivity (Wildman–Crippen MR) is 73.1 cm³/mol. The lowest BCUT2D eigenvalue weighted by molar-refractivity contribution is 0.0180. The van der Waals surface area contributed by atoms with E-state index in [1.807, 2.05) is 20.8 Å². The Morgan fingerprint density at radius 2 is 1.95 bits per heavy atom. The molecule has 1 amide bonds. The summed E-state index contributed by atoms with van der Waals surface area (Å²) in [6.45, 7) is 6.59. The SMILES string of the molecule is CC(C)(C)OC(=O)N1CCC(n2ncc(C(=O)O)n2)CC1. The highest BCUT2D eigenvalue weighted by Crippen LogP contribution is 2.22. The fourth-order valence-electron chi connectivity index (χ4n) is 2.16. The summed E-state index contributed by atoms with van der Waals surface area (Å²) in [6.07, 6.45) is 2.27.